The number of fused-ring (bicyclic) bond motifs is 1. The Morgan fingerprint density at radius 3 is 2.60 bits per heavy atom. The second kappa shape index (κ2) is 10.6. The van der Waals surface area contributed by atoms with Crippen LogP contribution in [0, 0.1) is 5.82 Å². The monoisotopic (exact) mass is 554 g/mol. The molecular formula is C25H25Cl2FN2O3S2. The van der Waals surface area contributed by atoms with E-state index in [1.54, 1.807) is 35.3 Å². The maximum atomic E-state index is 13.7. The van der Waals surface area contributed by atoms with Crippen LogP contribution >= 0.6 is 34.5 Å². The number of carbonyl (C=O) groups is 1. The van der Waals surface area contributed by atoms with Gasteiger partial charge in [0.1, 0.15) is 10.7 Å². The van der Waals surface area contributed by atoms with Crippen LogP contribution in [-0.2, 0) is 21.2 Å². The molecule has 0 unspecified atom stereocenters. The summed E-state index contributed by atoms with van der Waals surface area (Å²) >= 11 is 13.9. The van der Waals surface area contributed by atoms with Crippen LogP contribution in [0.4, 0.5) is 4.39 Å². The fourth-order valence-electron chi connectivity index (χ4n) is 4.30. The Morgan fingerprint density at radius 1 is 1.20 bits per heavy atom. The smallest absolute Gasteiger partial charge is 0.245 e. The predicted molar refractivity (Wildman–Crippen MR) is 138 cm³/mol. The van der Waals surface area contributed by atoms with E-state index in [2.05, 4.69) is 0 Å². The Morgan fingerprint density at radius 2 is 1.91 bits per heavy atom. The van der Waals surface area contributed by atoms with E-state index in [-0.39, 0.29) is 33.2 Å². The fourth-order valence-corrected chi connectivity index (χ4v) is 7.59. The molecule has 2 aromatic carbocycles. The van der Waals surface area contributed by atoms with Gasteiger partial charge in [-0.25, -0.2) is 12.8 Å². The molecule has 0 radical (unpaired) electrons. The van der Waals surface area contributed by atoms with Crippen LogP contribution in [-0.4, -0.2) is 42.7 Å². The summed E-state index contributed by atoms with van der Waals surface area (Å²) in [5.74, 6) is -0.696. The van der Waals surface area contributed by atoms with Gasteiger partial charge in [-0.15, -0.1) is 11.3 Å². The maximum Gasteiger partial charge on any atom is 0.245 e. The molecule has 35 heavy (non-hydrogen) atoms. The first kappa shape index (κ1) is 26.1. The zero-order valence-corrected chi connectivity index (χ0v) is 22.4. The van der Waals surface area contributed by atoms with Gasteiger partial charge in [-0.3, -0.25) is 4.79 Å². The van der Waals surface area contributed by atoms with E-state index >= 15 is 0 Å². The first-order valence-corrected chi connectivity index (χ1v) is 14.3. The van der Waals surface area contributed by atoms with Crippen LogP contribution < -0.4 is 0 Å². The summed E-state index contributed by atoms with van der Waals surface area (Å²) in [7, 11) is -4.11. The van der Waals surface area contributed by atoms with Crippen molar-refractivity contribution in [1.29, 1.82) is 0 Å². The molecule has 10 heteroatoms. The molecule has 0 N–H and O–H groups in total. The largest absolute Gasteiger partial charge is 0.330 e. The Kier molecular flexibility index (Phi) is 7.88. The van der Waals surface area contributed by atoms with Crippen molar-refractivity contribution in [2.75, 3.05) is 13.1 Å². The van der Waals surface area contributed by atoms with Crippen LogP contribution in [0.1, 0.15) is 42.3 Å². The van der Waals surface area contributed by atoms with Crippen molar-refractivity contribution in [2.24, 2.45) is 0 Å². The van der Waals surface area contributed by atoms with Crippen molar-refractivity contribution >= 4 is 50.5 Å². The van der Waals surface area contributed by atoms with Gasteiger partial charge in [0, 0.05) is 22.5 Å². The van der Waals surface area contributed by atoms with Gasteiger partial charge in [0.05, 0.1) is 17.6 Å². The molecule has 4 rings (SSSR count). The number of carbonyl (C=O) groups excluding carboxylic acids is 1. The molecule has 0 spiro atoms. The predicted octanol–water partition coefficient (Wildman–Crippen LogP) is 6.16. The molecule has 1 aromatic heterocycles. The minimum absolute atomic E-state index is 0.0419. The third kappa shape index (κ3) is 5.27. The summed E-state index contributed by atoms with van der Waals surface area (Å²) in [6.45, 7) is 3.70. The van der Waals surface area contributed by atoms with Crippen molar-refractivity contribution in [3.63, 3.8) is 0 Å². The molecule has 1 aliphatic rings. The zero-order chi connectivity index (χ0) is 25.3. The fraction of sp³-hybridized carbons (Fsp3) is 0.320. The minimum Gasteiger partial charge on any atom is -0.330 e. The lowest BCUT2D eigenvalue weighted by molar-refractivity contribution is -0.133. The van der Waals surface area contributed by atoms with E-state index in [1.807, 2.05) is 18.4 Å². The lowest BCUT2D eigenvalue weighted by Gasteiger charge is -2.38. The highest BCUT2D eigenvalue weighted by Crippen LogP contribution is 2.38. The van der Waals surface area contributed by atoms with Crippen molar-refractivity contribution in [1.82, 2.24) is 9.21 Å². The number of sulfonamides is 1. The van der Waals surface area contributed by atoms with Crippen molar-refractivity contribution in [2.45, 2.75) is 43.7 Å². The van der Waals surface area contributed by atoms with Gasteiger partial charge in [0.15, 0.2) is 0 Å². The van der Waals surface area contributed by atoms with Crippen molar-refractivity contribution < 1.29 is 17.6 Å². The minimum atomic E-state index is -4.11. The van der Waals surface area contributed by atoms with E-state index in [9.17, 15) is 17.6 Å². The molecule has 0 saturated carbocycles. The summed E-state index contributed by atoms with van der Waals surface area (Å²) < 4.78 is 42.1. The molecule has 0 fully saturated rings. The highest BCUT2D eigenvalue weighted by molar-refractivity contribution is 7.89. The Hall–Kier alpha value is -1.97. The molecule has 5 nitrogen and oxygen atoms in total. The van der Waals surface area contributed by atoms with E-state index in [0.717, 1.165) is 11.1 Å². The van der Waals surface area contributed by atoms with E-state index < -0.39 is 22.1 Å². The molecule has 0 bridgehead atoms. The summed E-state index contributed by atoms with van der Waals surface area (Å²) in [6, 6.07) is 11.4. The maximum absolute atomic E-state index is 13.7. The van der Waals surface area contributed by atoms with Crippen molar-refractivity contribution in [3.8, 4) is 0 Å². The molecule has 2 heterocycles. The van der Waals surface area contributed by atoms with Crippen LogP contribution in [0.15, 0.2) is 58.8 Å². The van der Waals surface area contributed by atoms with Gasteiger partial charge in [-0.05, 0) is 72.7 Å². The van der Waals surface area contributed by atoms with Gasteiger partial charge >= 0.3 is 0 Å². The number of rotatable bonds is 7. The quantitative estimate of drug-likeness (QED) is 0.351. The normalized spacial score (nSPS) is 16.9. The Labute approximate surface area is 219 Å². The number of hydrogen-bond donors (Lipinski definition) is 0. The first-order chi connectivity index (χ1) is 16.6. The average Bonchev–Trinajstić information content (AvgIpc) is 3.32. The van der Waals surface area contributed by atoms with Crippen LogP contribution in [0.5, 0.6) is 0 Å². The highest BCUT2D eigenvalue weighted by Gasteiger charge is 2.37. The van der Waals surface area contributed by atoms with E-state index in [0.29, 0.717) is 19.4 Å². The highest BCUT2D eigenvalue weighted by atomic mass is 35.5. The SMILES string of the molecule is CC[C@@H](C)N(CC(=O)N1CCc2sccc2[C@H]1c1ccc(F)cc1)S(=O)(=O)c1cc(Cl)ccc1Cl. The number of hydrogen-bond acceptors (Lipinski definition) is 4. The van der Waals surface area contributed by atoms with Gasteiger partial charge in [-0.1, -0.05) is 42.3 Å². The Bertz CT molecular complexity index is 1330. The standard InChI is InChI=1S/C25H25Cl2FN2O3S2/c1-3-16(2)30(35(32,33)23-14-18(26)6-9-21(23)27)15-24(31)29-12-10-22-20(11-13-34-22)25(29)17-4-7-19(28)8-5-17/h4-9,11,13-14,16,25H,3,10,12,15H2,1-2H3/t16-,25-/m1/s1. The van der Waals surface area contributed by atoms with Gasteiger partial charge in [-0.2, -0.15) is 4.31 Å². The summed E-state index contributed by atoms with van der Waals surface area (Å²) in [6.07, 6.45) is 1.17. The number of benzene rings is 2. The molecule has 1 amide bonds. The lowest BCUT2D eigenvalue weighted by atomic mass is 9.93. The molecule has 2 atom stereocenters. The number of amides is 1. The van der Waals surface area contributed by atoms with E-state index in [4.69, 9.17) is 23.2 Å². The number of halogens is 3. The molecule has 1 aliphatic heterocycles. The van der Waals surface area contributed by atoms with Crippen molar-refractivity contribution in [3.05, 3.63) is 85.8 Å². The second-order valence-electron chi connectivity index (χ2n) is 8.47. The van der Waals surface area contributed by atoms with Gasteiger partial charge in [0.2, 0.25) is 15.9 Å². The zero-order valence-electron chi connectivity index (χ0n) is 19.2. The van der Waals surface area contributed by atoms with Gasteiger partial charge < -0.3 is 4.90 Å². The number of nitrogens with zero attached hydrogens (tertiary/aromatic N) is 2. The summed E-state index contributed by atoms with van der Waals surface area (Å²) in [4.78, 5) is 16.5. The molecule has 0 aliphatic carbocycles. The second-order valence-corrected chi connectivity index (χ2v) is 12.2. The van der Waals surface area contributed by atoms with E-state index in [1.165, 1.54) is 39.5 Å². The van der Waals surface area contributed by atoms with Gasteiger partial charge in [0.25, 0.3) is 0 Å². The first-order valence-electron chi connectivity index (χ1n) is 11.2. The average molecular weight is 556 g/mol. The lowest BCUT2D eigenvalue weighted by Crippen LogP contribution is -2.49. The number of thiophene rings is 1. The molecule has 0 saturated heterocycles. The topological polar surface area (TPSA) is 57.7 Å². The van der Waals surface area contributed by atoms with Crippen LogP contribution in [0.3, 0.4) is 0 Å². The summed E-state index contributed by atoms with van der Waals surface area (Å²) in [5.41, 5.74) is 1.76. The summed E-state index contributed by atoms with van der Waals surface area (Å²) in [5, 5.41) is 2.26. The van der Waals surface area contributed by atoms with Crippen LogP contribution in [0.2, 0.25) is 10.0 Å². The van der Waals surface area contributed by atoms with Crippen LogP contribution in [0.25, 0.3) is 0 Å². The Balaban J connectivity index is 1.70. The molecule has 3 aromatic rings. The third-order valence-electron chi connectivity index (χ3n) is 6.33. The third-order valence-corrected chi connectivity index (χ3v) is 10.00. The molecular weight excluding hydrogens is 530 g/mol. The molecule has 186 valence electrons.